The standard InChI is InChI=1S/C13H17NO6S/c1-3-20-13(16)10-4-6-11(7-5-10)14-21(17,18)9-8-12(15)19-2/h4-7,14H,3,8-9H2,1-2H3. The van der Waals surface area contributed by atoms with E-state index in [1.807, 2.05) is 0 Å². The van der Waals surface area contributed by atoms with Gasteiger partial charge in [0.15, 0.2) is 0 Å². The van der Waals surface area contributed by atoms with Crippen LogP contribution in [-0.2, 0) is 24.3 Å². The Kier molecular flexibility index (Phi) is 6.16. The molecule has 8 heteroatoms. The van der Waals surface area contributed by atoms with E-state index in [0.29, 0.717) is 11.3 Å². The molecule has 0 aromatic heterocycles. The minimum Gasteiger partial charge on any atom is -0.469 e. The Balaban J connectivity index is 2.66. The molecule has 0 amide bonds. The van der Waals surface area contributed by atoms with E-state index in [0.717, 1.165) is 0 Å². The Labute approximate surface area is 123 Å². The lowest BCUT2D eigenvalue weighted by atomic mass is 10.2. The molecule has 7 nitrogen and oxygen atoms in total. The highest BCUT2D eigenvalue weighted by Gasteiger charge is 2.14. The van der Waals surface area contributed by atoms with Crippen molar-refractivity contribution in [3.8, 4) is 0 Å². The average Bonchev–Trinajstić information content (AvgIpc) is 2.45. The Hall–Kier alpha value is -2.09. The van der Waals surface area contributed by atoms with Crippen LogP contribution in [0.15, 0.2) is 24.3 Å². The second-order valence-electron chi connectivity index (χ2n) is 4.04. The monoisotopic (exact) mass is 315 g/mol. The molecule has 0 aliphatic rings. The molecule has 0 saturated carbocycles. The van der Waals surface area contributed by atoms with Crippen LogP contribution in [0.2, 0.25) is 0 Å². The summed E-state index contributed by atoms with van der Waals surface area (Å²) in [4.78, 5) is 22.4. The predicted octanol–water partition coefficient (Wildman–Crippen LogP) is 1.17. The third kappa shape index (κ3) is 5.82. The second-order valence-corrected chi connectivity index (χ2v) is 5.89. The Morgan fingerprint density at radius 2 is 1.81 bits per heavy atom. The molecule has 21 heavy (non-hydrogen) atoms. The summed E-state index contributed by atoms with van der Waals surface area (Å²) in [5, 5.41) is 0. The zero-order valence-electron chi connectivity index (χ0n) is 11.8. The zero-order valence-corrected chi connectivity index (χ0v) is 12.6. The first-order valence-corrected chi connectivity index (χ1v) is 7.87. The third-order valence-corrected chi connectivity index (χ3v) is 3.76. The smallest absolute Gasteiger partial charge is 0.338 e. The summed E-state index contributed by atoms with van der Waals surface area (Å²) < 4.78 is 35.0. The van der Waals surface area contributed by atoms with Crippen molar-refractivity contribution in [1.82, 2.24) is 0 Å². The SMILES string of the molecule is CCOC(=O)c1ccc(NS(=O)(=O)CCC(=O)OC)cc1. The van der Waals surface area contributed by atoms with Crippen molar-refractivity contribution in [2.45, 2.75) is 13.3 Å². The van der Waals surface area contributed by atoms with Crippen molar-refractivity contribution in [1.29, 1.82) is 0 Å². The minimum absolute atomic E-state index is 0.229. The first-order valence-electron chi connectivity index (χ1n) is 6.22. The van der Waals surface area contributed by atoms with E-state index < -0.39 is 22.0 Å². The van der Waals surface area contributed by atoms with E-state index in [4.69, 9.17) is 4.74 Å². The number of esters is 2. The van der Waals surface area contributed by atoms with Gasteiger partial charge in [0, 0.05) is 5.69 Å². The first kappa shape index (κ1) is 17.0. The van der Waals surface area contributed by atoms with Gasteiger partial charge in [-0.05, 0) is 31.2 Å². The van der Waals surface area contributed by atoms with E-state index in [1.54, 1.807) is 6.92 Å². The molecular formula is C13H17NO6S. The molecule has 1 aromatic carbocycles. The van der Waals surface area contributed by atoms with Gasteiger partial charge in [0.2, 0.25) is 10.0 Å². The molecule has 0 spiro atoms. The fourth-order valence-electron chi connectivity index (χ4n) is 1.44. The molecule has 0 radical (unpaired) electrons. The second kappa shape index (κ2) is 7.63. The number of ether oxygens (including phenoxy) is 2. The first-order chi connectivity index (χ1) is 9.88. The number of rotatable bonds is 7. The number of carbonyl (C=O) groups excluding carboxylic acids is 2. The van der Waals surface area contributed by atoms with Crippen molar-refractivity contribution in [2.75, 3.05) is 24.2 Å². The lowest BCUT2D eigenvalue weighted by Crippen LogP contribution is -2.19. The largest absolute Gasteiger partial charge is 0.469 e. The van der Waals surface area contributed by atoms with Gasteiger partial charge >= 0.3 is 11.9 Å². The van der Waals surface area contributed by atoms with Crippen LogP contribution in [0.25, 0.3) is 0 Å². The summed E-state index contributed by atoms with van der Waals surface area (Å²) in [6.45, 7) is 1.96. The highest BCUT2D eigenvalue weighted by molar-refractivity contribution is 7.92. The van der Waals surface area contributed by atoms with Gasteiger partial charge in [0.05, 0.1) is 31.5 Å². The summed E-state index contributed by atoms with van der Waals surface area (Å²) in [6.07, 6.45) is -0.229. The Morgan fingerprint density at radius 1 is 1.19 bits per heavy atom. The van der Waals surface area contributed by atoms with E-state index in [-0.39, 0.29) is 18.8 Å². The number of anilines is 1. The van der Waals surface area contributed by atoms with E-state index >= 15 is 0 Å². The molecule has 0 unspecified atom stereocenters. The van der Waals surface area contributed by atoms with Crippen LogP contribution in [0, 0.1) is 0 Å². The molecular weight excluding hydrogens is 298 g/mol. The van der Waals surface area contributed by atoms with Crippen molar-refractivity contribution in [3.63, 3.8) is 0 Å². The summed E-state index contributed by atoms with van der Waals surface area (Å²) in [5.74, 6) is -1.45. The number of nitrogens with one attached hydrogen (secondary N) is 1. The molecule has 0 fully saturated rings. The van der Waals surface area contributed by atoms with Gasteiger partial charge in [-0.25, -0.2) is 13.2 Å². The van der Waals surface area contributed by atoms with Crippen LogP contribution in [0.4, 0.5) is 5.69 Å². The van der Waals surface area contributed by atoms with Crippen LogP contribution in [0.3, 0.4) is 0 Å². The maximum atomic E-state index is 11.7. The van der Waals surface area contributed by atoms with Crippen molar-refractivity contribution < 1.29 is 27.5 Å². The van der Waals surface area contributed by atoms with Crippen molar-refractivity contribution in [3.05, 3.63) is 29.8 Å². The molecule has 1 aromatic rings. The molecule has 0 bridgehead atoms. The highest BCUT2D eigenvalue weighted by atomic mass is 32.2. The van der Waals surface area contributed by atoms with Crippen molar-refractivity contribution in [2.24, 2.45) is 0 Å². The molecule has 0 aliphatic heterocycles. The van der Waals surface area contributed by atoms with Crippen LogP contribution < -0.4 is 4.72 Å². The maximum absolute atomic E-state index is 11.7. The molecule has 0 heterocycles. The number of methoxy groups -OCH3 is 1. The number of hydrogen-bond acceptors (Lipinski definition) is 6. The van der Waals surface area contributed by atoms with Crippen molar-refractivity contribution >= 4 is 27.6 Å². The lowest BCUT2D eigenvalue weighted by molar-refractivity contribution is -0.140. The van der Waals surface area contributed by atoms with E-state index in [1.165, 1.54) is 31.4 Å². The minimum atomic E-state index is -3.65. The van der Waals surface area contributed by atoms with Crippen LogP contribution in [-0.4, -0.2) is 39.8 Å². The zero-order chi connectivity index (χ0) is 15.9. The Bertz CT molecular complexity index is 594. The quantitative estimate of drug-likeness (QED) is 0.758. The predicted molar refractivity (Wildman–Crippen MR) is 76.4 cm³/mol. The number of carbonyl (C=O) groups is 2. The number of hydrogen-bond donors (Lipinski definition) is 1. The Morgan fingerprint density at radius 3 is 2.33 bits per heavy atom. The van der Waals surface area contributed by atoms with Crippen LogP contribution in [0.1, 0.15) is 23.7 Å². The van der Waals surface area contributed by atoms with Gasteiger partial charge in [0.1, 0.15) is 0 Å². The highest BCUT2D eigenvalue weighted by Crippen LogP contribution is 2.12. The molecule has 116 valence electrons. The fraction of sp³-hybridized carbons (Fsp3) is 0.385. The van der Waals surface area contributed by atoms with Crippen LogP contribution in [0.5, 0.6) is 0 Å². The van der Waals surface area contributed by atoms with E-state index in [2.05, 4.69) is 9.46 Å². The van der Waals surface area contributed by atoms with Gasteiger partial charge in [0.25, 0.3) is 0 Å². The molecule has 0 aliphatic carbocycles. The average molecular weight is 315 g/mol. The number of sulfonamides is 1. The topological polar surface area (TPSA) is 98.8 Å². The van der Waals surface area contributed by atoms with Gasteiger partial charge in [-0.1, -0.05) is 0 Å². The van der Waals surface area contributed by atoms with Gasteiger partial charge in [-0.3, -0.25) is 9.52 Å². The van der Waals surface area contributed by atoms with Gasteiger partial charge < -0.3 is 9.47 Å². The summed E-state index contributed by atoms with van der Waals surface area (Å²) in [7, 11) is -2.46. The molecule has 0 saturated heterocycles. The van der Waals surface area contributed by atoms with E-state index in [9.17, 15) is 18.0 Å². The molecule has 1 N–H and O–H groups in total. The molecule has 0 atom stereocenters. The van der Waals surface area contributed by atoms with Gasteiger partial charge in [-0.2, -0.15) is 0 Å². The lowest BCUT2D eigenvalue weighted by Gasteiger charge is -2.08. The maximum Gasteiger partial charge on any atom is 0.338 e. The normalized spacial score (nSPS) is 10.8. The fourth-order valence-corrected chi connectivity index (χ4v) is 2.47. The number of benzene rings is 1. The van der Waals surface area contributed by atoms with Crippen LogP contribution >= 0.6 is 0 Å². The summed E-state index contributed by atoms with van der Waals surface area (Å²) in [6, 6.07) is 5.80. The molecule has 1 rings (SSSR count). The van der Waals surface area contributed by atoms with Gasteiger partial charge in [-0.15, -0.1) is 0 Å². The summed E-state index contributed by atoms with van der Waals surface area (Å²) in [5.41, 5.74) is 0.627. The third-order valence-electron chi connectivity index (χ3n) is 2.47. The summed E-state index contributed by atoms with van der Waals surface area (Å²) >= 11 is 0.